The number of halogens is 10. The Morgan fingerprint density at radius 3 is 0.917 bits per heavy atom. The van der Waals surface area contributed by atoms with Gasteiger partial charge in [-0.1, -0.05) is 24.3 Å². The van der Waals surface area contributed by atoms with E-state index < -0.39 is 91.2 Å². The zero-order chi connectivity index (χ0) is 26.0. The van der Waals surface area contributed by atoms with Crippen molar-refractivity contribution in [3.8, 4) is 22.3 Å². The molecular weight excluding hydrogens is 502 g/mol. The van der Waals surface area contributed by atoms with Gasteiger partial charge in [-0.15, -0.1) is 0 Å². The molecule has 0 aliphatic heterocycles. The van der Waals surface area contributed by atoms with Crippen molar-refractivity contribution in [1.29, 1.82) is 0 Å². The second-order valence-corrected chi connectivity index (χ2v) is 7.79. The van der Waals surface area contributed by atoms with Crippen molar-refractivity contribution in [2.75, 3.05) is 0 Å². The fourth-order valence-corrected chi connectivity index (χ4v) is 4.29. The van der Waals surface area contributed by atoms with Crippen LogP contribution in [0.4, 0.5) is 43.9 Å². The third-order valence-electron chi connectivity index (χ3n) is 5.79. The molecule has 0 saturated carbocycles. The minimum Gasteiger partial charge on any atom is -0.204 e. The molecule has 0 aliphatic rings. The van der Waals surface area contributed by atoms with E-state index in [0.717, 1.165) is 12.1 Å². The quantitative estimate of drug-likeness (QED) is 0.127. The van der Waals surface area contributed by atoms with Gasteiger partial charge in [0.05, 0.1) is 11.1 Å². The topological polar surface area (TPSA) is 0 Å². The van der Waals surface area contributed by atoms with Crippen molar-refractivity contribution < 1.29 is 43.9 Å². The van der Waals surface area contributed by atoms with Gasteiger partial charge in [0.25, 0.3) is 0 Å². The van der Waals surface area contributed by atoms with Gasteiger partial charge in [-0.2, -0.15) is 0 Å². The Hall–Kier alpha value is -4.08. The lowest BCUT2D eigenvalue weighted by molar-refractivity contribution is 0.458. The first-order valence-electron chi connectivity index (χ1n) is 10.0. The summed E-state index contributed by atoms with van der Waals surface area (Å²) in [6, 6.07) is 5.43. The van der Waals surface area contributed by atoms with Crippen LogP contribution in [0.1, 0.15) is 0 Å². The predicted octanol–water partition coefficient (Wildman–Crippen LogP) is 8.72. The molecular formula is C26H8F10. The Bertz CT molecular complexity index is 1560. The van der Waals surface area contributed by atoms with E-state index >= 15 is 0 Å². The Labute approximate surface area is 195 Å². The van der Waals surface area contributed by atoms with Gasteiger partial charge in [-0.05, 0) is 33.7 Å². The number of hydrogen-bond donors (Lipinski definition) is 0. The van der Waals surface area contributed by atoms with E-state index in [9.17, 15) is 43.9 Å². The van der Waals surface area contributed by atoms with Gasteiger partial charge in [-0.25, -0.2) is 43.9 Å². The van der Waals surface area contributed by atoms with Gasteiger partial charge < -0.3 is 0 Å². The zero-order valence-corrected chi connectivity index (χ0v) is 17.4. The van der Waals surface area contributed by atoms with Gasteiger partial charge in [0, 0.05) is 23.3 Å². The van der Waals surface area contributed by atoms with Crippen molar-refractivity contribution in [3.63, 3.8) is 0 Å². The Balaban J connectivity index is 2.13. The molecule has 0 unspecified atom stereocenters. The predicted molar refractivity (Wildman–Crippen MR) is 112 cm³/mol. The van der Waals surface area contributed by atoms with Crippen LogP contribution in [0.2, 0.25) is 0 Å². The highest BCUT2D eigenvalue weighted by atomic mass is 19.2. The normalized spacial score (nSPS) is 11.6. The highest BCUT2D eigenvalue weighted by Gasteiger charge is 2.29. The van der Waals surface area contributed by atoms with E-state index in [-0.39, 0.29) is 22.9 Å². The number of rotatable bonds is 2. The zero-order valence-electron chi connectivity index (χ0n) is 17.4. The number of fused-ring (bicyclic) bond motifs is 2. The summed E-state index contributed by atoms with van der Waals surface area (Å²) < 4.78 is 144. The molecule has 0 aromatic heterocycles. The summed E-state index contributed by atoms with van der Waals surface area (Å²) in [6.07, 6.45) is 0. The van der Waals surface area contributed by atoms with E-state index in [2.05, 4.69) is 0 Å². The van der Waals surface area contributed by atoms with Gasteiger partial charge in [0.2, 0.25) is 0 Å². The monoisotopic (exact) mass is 510 g/mol. The van der Waals surface area contributed by atoms with E-state index in [0.29, 0.717) is 12.1 Å². The van der Waals surface area contributed by atoms with Crippen molar-refractivity contribution in [3.05, 3.63) is 107 Å². The van der Waals surface area contributed by atoms with Crippen LogP contribution in [0.25, 0.3) is 43.8 Å². The lowest BCUT2D eigenvalue weighted by atomic mass is 9.85. The maximum Gasteiger partial charge on any atom is 0.169 e. The molecule has 0 bridgehead atoms. The van der Waals surface area contributed by atoms with Crippen LogP contribution in [-0.4, -0.2) is 0 Å². The molecule has 0 amide bonds. The summed E-state index contributed by atoms with van der Waals surface area (Å²) in [6.45, 7) is 0. The van der Waals surface area contributed by atoms with Crippen LogP contribution in [0.15, 0.2) is 48.5 Å². The molecule has 0 aliphatic carbocycles. The maximum absolute atomic E-state index is 14.9. The summed E-state index contributed by atoms with van der Waals surface area (Å²) in [5.74, 6) is -17.9. The Morgan fingerprint density at radius 1 is 0.306 bits per heavy atom. The van der Waals surface area contributed by atoms with Crippen LogP contribution < -0.4 is 0 Å². The van der Waals surface area contributed by atoms with Gasteiger partial charge in [0.15, 0.2) is 58.2 Å². The third-order valence-corrected chi connectivity index (χ3v) is 5.79. The number of hydrogen-bond acceptors (Lipinski definition) is 0. The first-order valence-corrected chi connectivity index (χ1v) is 10.0. The summed E-state index contributed by atoms with van der Waals surface area (Å²) in [4.78, 5) is 0. The SMILES string of the molecule is Fc1cc2c(-c3c(F)c(F)cc(F)c3F)c3ccccc3c(-c3c(F)c(F)cc(F)c3F)c2cc1F. The van der Waals surface area contributed by atoms with Crippen molar-refractivity contribution >= 4 is 21.5 Å². The van der Waals surface area contributed by atoms with Gasteiger partial charge >= 0.3 is 0 Å². The lowest BCUT2D eigenvalue weighted by Crippen LogP contribution is -2.03. The molecule has 0 nitrogen and oxygen atoms in total. The first kappa shape index (κ1) is 23.7. The molecule has 0 N–H and O–H groups in total. The van der Waals surface area contributed by atoms with Crippen molar-refractivity contribution in [2.45, 2.75) is 0 Å². The molecule has 182 valence electrons. The molecule has 36 heavy (non-hydrogen) atoms. The molecule has 5 aromatic carbocycles. The second-order valence-electron chi connectivity index (χ2n) is 7.79. The van der Waals surface area contributed by atoms with E-state index in [1.165, 1.54) is 12.1 Å². The van der Waals surface area contributed by atoms with Gasteiger partial charge in [-0.3, -0.25) is 0 Å². The number of benzene rings is 5. The molecule has 0 saturated heterocycles. The highest BCUT2D eigenvalue weighted by Crippen LogP contribution is 2.47. The van der Waals surface area contributed by atoms with Crippen LogP contribution in [-0.2, 0) is 0 Å². The highest BCUT2D eigenvalue weighted by molar-refractivity contribution is 6.21. The van der Waals surface area contributed by atoms with Crippen LogP contribution in [0.3, 0.4) is 0 Å². The van der Waals surface area contributed by atoms with Gasteiger partial charge in [0.1, 0.15) is 0 Å². The second kappa shape index (κ2) is 8.25. The minimum absolute atomic E-state index is 0.0621. The standard InChI is InChI=1S/C26H8F10/c27-13-5-11-12(6-14(13)28)20(22-25(35)17(31)8-18(32)26(22)36)10-4-2-1-3-9(10)19(11)21-23(33)15(29)7-16(30)24(21)34/h1-8H. The molecule has 0 spiro atoms. The van der Waals surface area contributed by atoms with Crippen LogP contribution in [0, 0.1) is 58.2 Å². The molecule has 0 atom stereocenters. The summed E-state index contributed by atoms with van der Waals surface area (Å²) in [7, 11) is 0. The Kier molecular flexibility index (Phi) is 5.42. The molecule has 10 heteroatoms. The first-order chi connectivity index (χ1) is 17.0. The van der Waals surface area contributed by atoms with E-state index in [4.69, 9.17) is 0 Å². The maximum atomic E-state index is 14.9. The van der Waals surface area contributed by atoms with E-state index in [1.807, 2.05) is 0 Å². The van der Waals surface area contributed by atoms with Crippen LogP contribution >= 0.6 is 0 Å². The van der Waals surface area contributed by atoms with E-state index in [1.54, 1.807) is 0 Å². The smallest absolute Gasteiger partial charge is 0.169 e. The minimum atomic E-state index is -1.88. The molecule has 0 fully saturated rings. The van der Waals surface area contributed by atoms with Crippen molar-refractivity contribution in [2.24, 2.45) is 0 Å². The summed E-state index contributed by atoms with van der Waals surface area (Å²) in [5.41, 5.74) is -3.99. The van der Waals surface area contributed by atoms with Crippen molar-refractivity contribution in [1.82, 2.24) is 0 Å². The average molecular weight is 510 g/mol. The molecule has 5 aromatic rings. The fourth-order valence-electron chi connectivity index (χ4n) is 4.29. The molecule has 5 rings (SSSR count). The molecule has 0 heterocycles. The fraction of sp³-hybridized carbons (Fsp3) is 0. The lowest BCUT2D eigenvalue weighted by Gasteiger charge is -2.19. The van der Waals surface area contributed by atoms with Crippen LogP contribution in [0.5, 0.6) is 0 Å². The molecule has 0 radical (unpaired) electrons. The third kappa shape index (κ3) is 3.31. The largest absolute Gasteiger partial charge is 0.204 e. The Morgan fingerprint density at radius 2 is 0.611 bits per heavy atom. The summed E-state index contributed by atoms with van der Waals surface area (Å²) >= 11 is 0. The average Bonchev–Trinajstić information content (AvgIpc) is 2.84. The summed E-state index contributed by atoms with van der Waals surface area (Å²) in [5, 5.41) is -1.96.